The van der Waals surface area contributed by atoms with Crippen molar-refractivity contribution in [2.45, 2.75) is 26.4 Å². The Balaban J connectivity index is 1.43. The Bertz CT molecular complexity index is 968. The number of nitrogens with zero attached hydrogens (tertiary/aromatic N) is 4. The van der Waals surface area contributed by atoms with Crippen molar-refractivity contribution < 1.29 is 19.1 Å². The van der Waals surface area contributed by atoms with Crippen molar-refractivity contribution in [1.82, 2.24) is 20.2 Å². The summed E-state index contributed by atoms with van der Waals surface area (Å²) in [6, 6.07) is 7.45. The first-order valence-corrected chi connectivity index (χ1v) is 9.87. The maximum absolute atomic E-state index is 12.7. The first kappa shape index (κ1) is 20.0. The highest BCUT2D eigenvalue weighted by Crippen LogP contribution is 2.24. The number of imide groups is 1. The zero-order valence-electron chi connectivity index (χ0n) is 16.9. The molecule has 9 heteroatoms. The molecule has 2 aromatic rings. The van der Waals surface area contributed by atoms with E-state index in [0.717, 1.165) is 10.6 Å². The summed E-state index contributed by atoms with van der Waals surface area (Å²) in [6.07, 6.45) is 0. The van der Waals surface area contributed by atoms with E-state index in [2.05, 4.69) is 15.3 Å². The van der Waals surface area contributed by atoms with Crippen LogP contribution in [0.2, 0.25) is 0 Å². The third-order valence-corrected chi connectivity index (χ3v) is 5.23. The zero-order valence-corrected chi connectivity index (χ0v) is 16.9. The van der Waals surface area contributed by atoms with Gasteiger partial charge in [0.25, 0.3) is 11.8 Å². The molecule has 9 nitrogen and oxygen atoms in total. The molecule has 1 fully saturated rings. The van der Waals surface area contributed by atoms with E-state index in [0.29, 0.717) is 49.1 Å². The molecule has 30 heavy (non-hydrogen) atoms. The van der Waals surface area contributed by atoms with E-state index in [4.69, 9.17) is 4.74 Å². The van der Waals surface area contributed by atoms with Crippen LogP contribution in [0.4, 0.5) is 5.95 Å². The number of aromatic nitrogens is 2. The summed E-state index contributed by atoms with van der Waals surface area (Å²) in [5.74, 6) is -0.721. The van der Waals surface area contributed by atoms with Gasteiger partial charge in [0, 0.05) is 18.8 Å². The molecule has 1 aromatic heterocycles. The van der Waals surface area contributed by atoms with Crippen LogP contribution in [0.25, 0.3) is 0 Å². The molecule has 1 saturated heterocycles. The molecule has 0 aliphatic carbocycles. The number of morpholine rings is 1. The van der Waals surface area contributed by atoms with Crippen molar-refractivity contribution in [3.63, 3.8) is 0 Å². The molecular formula is C21H23N5O4. The largest absolute Gasteiger partial charge is 0.378 e. The van der Waals surface area contributed by atoms with Crippen molar-refractivity contribution in [2.24, 2.45) is 0 Å². The van der Waals surface area contributed by atoms with Gasteiger partial charge in [-0.3, -0.25) is 19.3 Å². The Morgan fingerprint density at radius 1 is 1.13 bits per heavy atom. The number of carbonyl (C=O) groups is 3. The van der Waals surface area contributed by atoms with Gasteiger partial charge >= 0.3 is 0 Å². The molecule has 2 aliphatic heterocycles. The van der Waals surface area contributed by atoms with Gasteiger partial charge in [0.05, 0.1) is 36.6 Å². The molecule has 1 N–H and O–H groups in total. The lowest BCUT2D eigenvalue weighted by atomic mass is 10.1. The molecule has 0 spiro atoms. The van der Waals surface area contributed by atoms with E-state index >= 15 is 0 Å². The summed E-state index contributed by atoms with van der Waals surface area (Å²) >= 11 is 0. The van der Waals surface area contributed by atoms with Crippen LogP contribution in [-0.4, -0.2) is 64.9 Å². The Morgan fingerprint density at radius 3 is 2.40 bits per heavy atom. The van der Waals surface area contributed by atoms with Crippen LogP contribution in [0.5, 0.6) is 0 Å². The predicted octanol–water partition coefficient (Wildman–Crippen LogP) is 0.923. The van der Waals surface area contributed by atoms with Crippen LogP contribution in [0.1, 0.15) is 39.0 Å². The number of ether oxygens (including phenoxy) is 1. The first-order valence-electron chi connectivity index (χ1n) is 9.87. The smallest absolute Gasteiger partial charge is 0.262 e. The number of aryl methyl sites for hydroxylation is 1. The van der Waals surface area contributed by atoms with Crippen LogP contribution in [0.15, 0.2) is 30.3 Å². The Morgan fingerprint density at radius 2 is 1.77 bits per heavy atom. The number of hydrogen-bond acceptors (Lipinski definition) is 7. The van der Waals surface area contributed by atoms with Crippen molar-refractivity contribution in [3.8, 4) is 0 Å². The van der Waals surface area contributed by atoms with E-state index in [1.54, 1.807) is 37.3 Å². The van der Waals surface area contributed by atoms with E-state index in [1.165, 1.54) is 0 Å². The first-order chi connectivity index (χ1) is 14.5. The number of carbonyl (C=O) groups excluding carboxylic acids is 3. The van der Waals surface area contributed by atoms with Crippen molar-refractivity contribution in [1.29, 1.82) is 0 Å². The minimum atomic E-state index is -0.931. The number of hydrogen-bond donors (Lipinski definition) is 1. The lowest BCUT2D eigenvalue weighted by Gasteiger charge is -2.27. The Hall–Kier alpha value is -3.33. The van der Waals surface area contributed by atoms with Crippen molar-refractivity contribution >= 4 is 23.7 Å². The Labute approximate surface area is 174 Å². The van der Waals surface area contributed by atoms with Crippen LogP contribution in [-0.2, 0) is 16.1 Å². The average molecular weight is 409 g/mol. The van der Waals surface area contributed by atoms with Crippen LogP contribution in [0, 0.1) is 6.92 Å². The van der Waals surface area contributed by atoms with Crippen LogP contribution in [0.3, 0.4) is 0 Å². The molecule has 0 radical (unpaired) electrons. The topological polar surface area (TPSA) is 105 Å². The molecule has 2 aliphatic rings. The Kier molecular flexibility index (Phi) is 5.45. The quantitative estimate of drug-likeness (QED) is 0.732. The average Bonchev–Trinajstić information content (AvgIpc) is 3.02. The van der Waals surface area contributed by atoms with Gasteiger partial charge in [0.2, 0.25) is 11.9 Å². The zero-order chi connectivity index (χ0) is 21.3. The summed E-state index contributed by atoms with van der Waals surface area (Å²) < 4.78 is 5.36. The molecule has 4 rings (SSSR count). The summed E-state index contributed by atoms with van der Waals surface area (Å²) in [5, 5.41) is 2.78. The van der Waals surface area contributed by atoms with Crippen LogP contribution >= 0.6 is 0 Å². The van der Waals surface area contributed by atoms with Gasteiger partial charge in [-0.2, -0.15) is 0 Å². The van der Waals surface area contributed by atoms with Crippen molar-refractivity contribution in [3.05, 3.63) is 52.8 Å². The summed E-state index contributed by atoms with van der Waals surface area (Å²) in [4.78, 5) is 49.9. The van der Waals surface area contributed by atoms with Gasteiger partial charge in [0.1, 0.15) is 6.04 Å². The highest BCUT2D eigenvalue weighted by atomic mass is 16.5. The number of fused-ring (bicyclic) bond motifs is 1. The van der Waals surface area contributed by atoms with E-state index in [9.17, 15) is 14.4 Å². The molecule has 0 saturated carbocycles. The second-order valence-electron chi connectivity index (χ2n) is 7.32. The van der Waals surface area contributed by atoms with Gasteiger partial charge in [-0.05, 0) is 32.0 Å². The van der Waals surface area contributed by atoms with E-state index in [-0.39, 0.29) is 6.54 Å². The number of amides is 3. The molecule has 1 unspecified atom stereocenters. The minimum absolute atomic E-state index is 0.174. The molecule has 156 valence electrons. The maximum Gasteiger partial charge on any atom is 0.262 e. The summed E-state index contributed by atoms with van der Waals surface area (Å²) in [6.45, 7) is 6.27. The fourth-order valence-electron chi connectivity index (χ4n) is 3.61. The monoisotopic (exact) mass is 409 g/mol. The van der Waals surface area contributed by atoms with E-state index < -0.39 is 23.8 Å². The maximum atomic E-state index is 12.7. The van der Waals surface area contributed by atoms with Gasteiger partial charge in [-0.15, -0.1) is 0 Å². The highest BCUT2D eigenvalue weighted by molar-refractivity contribution is 6.22. The third kappa shape index (κ3) is 3.76. The number of benzene rings is 1. The van der Waals surface area contributed by atoms with Crippen LogP contribution < -0.4 is 10.2 Å². The lowest BCUT2D eigenvalue weighted by molar-refractivity contribution is -0.124. The summed E-state index contributed by atoms with van der Waals surface area (Å²) in [7, 11) is 0. The molecule has 1 atom stereocenters. The van der Waals surface area contributed by atoms with Gasteiger partial charge < -0.3 is 15.0 Å². The molecule has 3 heterocycles. The second kappa shape index (κ2) is 8.19. The molecule has 1 aromatic carbocycles. The number of nitrogens with one attached hydrogen (secondary N) is 1. The van der Waals surface area contributed by atoms with Gasteiger partial charge in [-0.1, -0.05) is 12.1 Å². The number of anilines is 1. The molecular weight excluding hydrogens is 386 g/mol. The van der Waals surface area contributed by atoms with Gasteiger partial charge in [0.15, 0.2) is 0 Å². The SMILES string of the molecule is Cc1cc(CNC(=O)C(C)N2C(=O)c3ccccc3C2=O)nc(N2CCOCC2)n1. The van der Waals surface area contributed by atoms with Gasteiger partial charge in [-0.25, -0.2) is 9.97 Å². The fourth-order valence-corrected chi connectivity index (χ4v) is 3.61. The second-order valence-corrected chi connectivity index (χ2v) is 7.32. The normalized spacial score (nSPS) is 17.1. The minimum Gasteiger partial charge on any atom is -0.378 e. The van der Waals surface area contributed by atoms with Crippen molar-refractivity contribution in [2.75, 3.05) is 31.2 Å². The fraction of sp³-hybridized carbons (Fsp3) is 0.381. The highest BCUT2D eigenvalue weighted by Gasteiger charge is 2.40. The van der Waals surface area contributed by atoms with E-state index in [1.807, 2.05) is 11.8 Å². The number of rotatable bonds is 5. The third-order valence-electron chi connectivity index (χ3n) is 5.23. The predicted molar refractivity (Wildman–Crippen MR) is 108 cm³/mol. The molecule has 0 bridgehead atoms. The summed E-state index contributed by atoms with van der Waals surface area (Å²) in [5.41, 5.74) is 2.10. The standard InChI is InChI=1S/C21H23N5O4/c1-13-11-15(24-21(23-13)25-7-9-30-10-8-25)12-22-18(27)14(2)26-19(28)16-5-3-4-6-17(16)20(26)29/h3-6,11,14H,7-10,12H2,1-2H3,(H,22,27). The lowest BCUT2D eigenvalue weighted by Crippen LogP contribution is -2.47. The molecule has 3 amide bonds.